The molecule has 0 saturated carbocycles. The van der Waals surface area contributed by atoms with Crippen molar-refractivity contribution in [3.8, 4) is 0 Å². The molecule has 2 nitrogen and oxygen atoms in total. The van der Waals surface area contributed by atoms with Gasteiger partial charge in [0.05, 0.1) is 18.2 Å². The van der Waals surface area contributed by atoms with Crippen LogP contribution in [-0.4, -0.2) is 11.7 Å². The van der Waals surface area contributed by atoms with E-state index in [9.17, 15) is 17.6 Å². The van der Waals surface area contributed by atoms with Gasteiger partial charge in [0.15, 0.2) is 0 Å². The molecule has 0 bridgehead atoms. The predicted molar refractivity (Wildman–Crippen MR) is 52.7 cm³/mol. The lowest BCUT2D eigenvalue weighted by molar-refractivity contribution is -0.138. The van der Waals surface area contributed by atoms with Crippen LogP contribution >= 0.6 is 12.4 Å². The lowest BCUT2D eigenvalue weighted by Gasteiger charge is -2.16. The maximum Gasteiger partial charge on any atom is 0.416 e. The summed E-state index contributed by atoms with van der Waals surface area (Å²) in [6, 6.07) is 0.762. The topological polar surface area (TPSA) is 46.2 Å². The molecule has 0 spiro atoms. The number of halogens is 5. The fourth-order valence-corrected chi connectivity index (χ4v) is 1.20. The number of nitrogens with two attached hydrogens (primary N) is 1. The lowest BCUT2D eigenvalue weighted by Crippen LogP contribution is -2.20. The molecule has 1 aromatic rings. The molecule has 0 heterocycles. The van der Waals surface area contributed by atoms with Crippen LogP contribution < -0.4 is 5.73 Å². The molecule has 0 aliphatic heterocycles. The van der Waals surface area contributed by atoms with Gasteiger partial charge in [-0.3, -0.25) is 0 Å². The van der Waals surface area contributed by atoms with Gasteiger partial charge < -0.3 is 10.8 Å². The summed E-state index contributed by atoms with van der Waals surface area (Å²) >= 11 is 0. The van der Waals surface area contributed by atoms with E-state index in [1.165, 1.54) is 0 Å². The van der Waals surface area contributed by atoms with Crippen molar-refractivity contribution in [1.29, 1.82) is 0 Å². The SMILES string of the molecule is Cl.N[C@@H](CO)c1cc(F)ccc1C(F)(F)F. The van der Waals surface area contributed by atoms with E-state index in [-0.39, 0.29) is 12.4 Å². The number of aliphatic hydroxyl groups excluding tert-OH is 1. The van der Waals surface area contributed by atoms with E-state index >= 15 is 0 Å². The van der Waals surface area contributed by atoms with Crippen molar-refractivity contribution in [2.75, 3.05) is 6.61 Å². The molecule has 0 saturated heterocycles. The van der Waals surface area contributed by atoms with Gasteiger partial charge >= 0.3 is 6.18 Å². The van der Waals surface area contributed by atoms with Gasteiger partial charge in [0.25, 0.3) is 0 Å². The van der Waals surface area contributed by atoms with Gasteiger partial charge in [-0.1, -0.05) is 0 Å². The van der Waals surface area contributed by atoms with Crippen LogP contribution in [0.4, 0.5) is 17.6 Å². The number of hydrogen-bond acceptors (Lipinski definition) is 2. The fourth-order valence-electron chi connectivity index (χ4n) is 1.20. The van der Waals surface area contributed by atoms with Crippen molar-refractivity contribution in [2.45, 2.75) is 12.2 Å². The Labute approximate surface area is 95.5 Å². The van der Waals surface area contributed by atoms with Crippen molar-refractivity contribution in [3.63, 3.8) is 0 Å². The minimum Gasteiger partial charge on any atom is -0.394 e. The van der Waals surface area contributed by atoms with E-state index in [1.54, 1.807) is 0 Å². The molecule has 0 aliphatic carbocycles. The van der Waals surface area contributed by atoms with Crippen LogP contribution in [0, 0.1) is 5.82 Å². The third-order valence-electron chi connectivity index (χ3n) is 1.92. The molecule has 1 aromatic carbocycles. The van der Waals surface area contributed by atoms with Crippen LogP contribution in [0.1, 0.15) is 17.2 Å². The Bertz CT molecular complexity index is 356. The Morgan fingerprint density at radius 3 is 2.31 bits per heavy atom. The molecule has 1 rings (SSSR count). The number of rotatable bonds is 2. The molecule has 3 N–H and O–H groups in total. The van der Waals surface area contributed by atoms with Crippen LogP contribution in [-0.2, 0) is 6.18 Å². The number of aliphatic hydroxyl groups is 1. The van der Waals surface area contributed by atoms with Gasteiger partial charge in [0.1, 0.15) is 5.82 Å². The third kappa shape index (κ3) is 3.33. The van der Waals surface area contributed by atoms with E-state index in [1.807, 2.05) is 0 Å². The maximum atomic E-state index is 12.7. The summed E-state index contributed by atoms with van der Waals surface area (Å²) in [7, 11) is 0. The van der Waals surface area contributed by atoms with Gasteiger partial charge in [-0.2, -0.15) is 13.2 Å². The molecule has 0 unspecified atom stereocenters. The summed E-state index contributed by atoms with van der Waals surface area (Å²) in [6.07, 6.45) is -4.60. The Balaban J connectivity index is 0.00000225. The second kappa shape index (κ2) is 5.47. The monoisotopic (exact) mass is 259 g/mol. The predicted octanol–water partition coefficient (Wildman–Crippen LogP) is 2.26. The van der Waals surface area contributed by atoms with Crippen LogP contribution in [0.5, 0.6) is 0 Å². The van der Waals surface area contributed by atoms with Crippen LogP contribution in [0.3, 0.4) is 0 Å². The molecule has 16 heavy (non-hydrogen) atoms. The van der Waals surface area contributed by atoms with Crippen LogP contribution in [0.15, 0.2) is 18.2 Å². The molecular weight excluding hydrogens is 250 g/mol. The zero-order chi connectivity index (χ0) is 11.6. The maximum absolute atomic E-state index is 12.7. The van der Waals surface area contributed by atoms with Gasteiger partial charge in [0.2, 0.25) is 0 Å². The molecule has 92 valence electrons. The summed E-state index contributed by atoms with van der Waals surface area (Å²) in [5.41, 5.74) is 3.78. The molecule has 0 fully saturated rings. The van der Waals surface area contributed by atoms with E-state index in [0.717, 1.165) is 0 Å². The van der Waals surface area contributed by atoms with Gasteiger partial charge in [0, 0.05) is 0 Å². The van der Waals surface area contributed by atoms with Gasteiger partial charge in [-0.25, -0.2) is 4.39 Å². The molecule has 0 aliphatic rings. The Morgan fingerprint density at radius 1 is 1.31 bits per heavy atom. The third-order valence-corrected chi connectivity index (χ3v) is 1.92. The largest absolute Gasteiger partial charge is 0.416 e. The molecule has 0 aromatic heterocycles. The average Bonchev–Trinajstić information content (AvgIpc) is 2.14. The minimum absolute atomic E-state index is 0. The second-order valence-corrected chi connectivity index (χ2v) is 3.02. The van der Waals surface area contributed by atoms with Gasteiger partial charge in [-0.05, 0) is 23.8 Å². The summed E-state index contributed by atoms with van der Waals surface area (Å²) in [5, 5.41) is 8.65. The zero-order valence-electron chi connectivity index (χ0n) is 7.96. The average molecular weight is 260 g/mol. The van der Waals surface area contributed by atoms with Crippen LogP contribution in [0.2, 0.25) is 0 Å². The van der Waals surface area contributed by atoms with Crippen LogP contribution in [0.25, 0.3) is 0 Å². The molecule has 0 amide bonds. The first-order valence-electron chi connectivity index (χ1n) is 4.09. The van der Waals surface area contributed by atoms with E-state index in [2.05, 4.69) is 0 Å². The Kier molecular flexibility index (Phi) is 5.18. The number of hydrogen-bond donors (Lipinski definition) is 2. The first-order chi connectivity index (χ1) is 6.86. The van der Waals surface area contributed by atoms with Crippen molar-refractivity contribution in [3.05, 3.63) is 35.1 Å². The highest BCUT2D eigenvalue weighted by Crippen LogP contribution is 2.34. The minimum atomic E-state index is -4.60. The van der Waals surface area contributed by atoms with Crippen molar-refractivity contribution in [2.24, 2.45) is 5.73 Å². The number of benzene rings is 1. The lowest BCUT2D eigenvalue weighted by atomic mass is 10.0. The first-order valence-corrected chi connectivity index (χ1v) is 4.09. The summed E-state index contributed by atoms with van der Waals surface area (Å²) in [5.74, 6) is -0.818. The summed E-state index contributed by atoms with van der Waals surface area (Å²) < 4.78 is 50.0. The second-order valence-electron chi connectivity index (χ2n) is 3.02. The smallest absolute Gasteiger partial charge is 0.394 e. The van der Waals surface area contributed by atoms with E-state index < -0.39 is 35.8 Å². The number of alkyl halides is 3. The first kappa shape index (κ1) is 15.2. The van der Waals surface area contributed by atoms with Crippen molar-refractivity contribution < 1.29 is 22.7 Å². The zero-order valence-corrected chi connectivity index (χ0v) is 8.78. The summed E-state index contributed by atoms with van der Waals surface area (Å²) in [4.78, 5) is 0. The van der Waals surface area contributed by atoms with Crippen molar-refractivity contribution >= 4 is 12.4 Å². The van der Waals surface area contributed by atoms with Gasteiger partial charge in [-0.15, -0.1) is 12.4 Å². The fraction of sp³-hybridized carbons (Fsp3) is 0.333. The highest BCUT2D eigenvalue weighted by molar-refractivity contribution is 5.85. The molecular formula is C9H10ClF4NO. The highest BCUT2D eigenvalue weighted by Gasteiger charge is 2.34. The molecule has 0 radical (unpaired) electrons. The highest BCUT2D eigenvalue weighted by atomic mass is 35.5. The van der Waals surface area contributed by atoms with E-state index in [0.29, 0.717) is 18.2 Å². The Hall–Kier alpha value is -0.850. The summed E-state index contributed by atoms with van der Waals surface area (Å²) in [6.45, 7) is -0.674. The Morgan fingerprint density at radius 2 is 1.88 bits per heavy atom. The van der Waals surface area contributed by atoms with Crippen molar-refractivity contribution in [1.82, 2.24) is 0 Å². The quantitative estimate of drug-likeness (QED) is 0.801. The molecule has 1 atom stereocenters. The van der Waals surface area contributed by atoms with E-state index in [4.69, 9.17) is 10.8 Å². The molecule has 7 heteroatoms. The standard InChI is InChI=1S/C9H9F4NO.ClH/c10-5-1-2-7(9(11,12)13)6(3-5)8(14)4-15;/h1-3,8,15H,4,14H2;1H/t8-;/m0./s1. The normalized spacial score (nSPS) is 13.1.